The first-order valence-corrected chi connectivity index (χ1v) is 5.99. The lowest BCUT2D eigenvalue weighted by molar-refractivity contribution is -0.137. The Morgan fingerprint density at radius 2 is 2.00 bits per heavy atom. The second kappa shape index (κ2) is 5.62. The summed E-state index contributed by atoms with van der Waals surface area (Å²) in [5, 5.41) is 2.53. The summed E-state index contributed by atoms with van der Waals surface area (Å²) < 4.78 is 37.9. The molecule has 0 atom stereocenters. The van der Waals surface area contributed by atoms with E-state index >= 15 is 0 Å². The van der Waals surface area contributed by atoms with Crippen LogP contribution in [0.4, 0.5) is 19.0 Å². The molecule has 0 spiro atoms. The molecule has 0 amide bonds. The first-order chi connectivity index (χ1) is 9.34. The Morgan fingerprint density at radius 1 is 1.25 bits per heavy atom. The van der Waals surface area contributed by atoms with Gasteiger partial charge in [-0.25, -0.2) is 15.0 Å². The van der Waals surface area contributed by atoms with Gasteiger partial charge in [-0.1, -0.05) is 11.6 Å². The van der Waals surface area contributed by atoms with Crippen LogP contribution in [0.5, 0.6) is 0 Å². The average Bonchev–Trinajstić information content (AvgIpc) is 2.35. The summed E-state index contributed by atoms with van der Waals surface area (Å²) in [5.41, 5.74) is -0.202. The van der Waals surface area contributed by atoms with Crippen LogP contribution >= 0.6 is 11.6 Å². The Kier molecular flexibility index (Phi) is 4.08. The number of nitrogens with zero attached hydrogens (tertiary/aromatic N) is 3. The van der Waals surface area contributed by atoms with Crippen molar-refractivity contribution in [2.45, 2.75) is 19.6 Å². The Morgan fingerprint density at radius 3 is 2.65 bits per heavy atom. The third-order valence-electron chi connectivity index (χ3n) is 2.41. The highest BCUT2D eigenvalue weighted by Gasteiger charge is 2.31. The SMILES string of the molecule is Cc1nccc(CNc2cc(C(F)(F)F)cc(Cl)n2)n1. The fraction of sp³-hybridized carbons (Fsp3) is 0.250. The van der Waals surface area contributed by atoms with E-state index in [4.69, 9.17) is 11.6 Å². The van der Waals surface area contributed by atoms with E-state index in [0.29, 0.717) is 11.5 Å². The number of aromatic nitrogens is 3. The van der Waals surface area contributed by atoms with Crippen molar-refractivity contribution in [3.63, 3.8) is 0 Å². The summed E-state index contributed by atoms with van der Waals surface area (Å²) in [5.74, 6) is 0.625. The minimum atomic E-state index is -4.46. The maximum Gasteiger partial charge on any atom is 0.416 e. The molecular weight excluding hydrogens is 293 g/mol. The van der Waals surface area contributed by atoms with Crippen molar-refractivity contribution < 1.29 is 13.2 Å². The Hall–Kier alpha value is -1.89. The largest absolute Gasteiger partial charge is 0.416 e. The van der Waals surface area contributed by atoms with E-state index in [-0.39, 0.29) is 17.5 Å². The molecule has 2 rings (SSSR count). The van der Waals surface area contributed by atoms with Gasteiger partial charge in [0.25, 0.3) is 0 Å². The molecule has 0 saturated carbocycles. The normalized spacial score (nSPS) is 11.4. The zero-order chi connectivity index (χ0) is 14.8. The van der Waals surface area contributed by atoms with Gasteiger partial charge in [-0.15, -0.1) is 0 Å². The molecule has 4 nitrogen and oxygen atoms in total. The number of pyridine rings is 1. The second-order valence-corrected chi connectivity index (χ2v) is 4.40. The zero-order valence-corrected chi connectivity index (χ0v) is 11.1. The highest BCUT2D eigenvalue weighted by atomic mass is 35.5. The van der Waals surface area contributed by atoms with Crippen molar-refractivity contribution >= 4 is 17.4 Å². The molecule has 0 aliphatic carbocycles. The number of anilines is 1. The van der Waals surface area contributed by atoms with Crippen molar-refractivity contribution in [2.24, 2.45) is 0 Å². The number of hydrogen-bond donors (Lipinski definition) is 1. The van der Waals surface area contributed by atoms with Gasteiger partial charge in [0.1, 0.15) is 16.8 Å². The van der Waals surface area contributed by atoms with Crippen LogP contribution in [0.2, 0.25) is 5.15 Å². The maximum absolute atomic E-state index is 12.6. The average molecular weight is 303 g/mol. The van der Waals surface area contributed by atoms with Gasteiger partial charge < -0.3 is 5.32 Å². The minimum absolute atomic E-state index is 0.0427. The Labute approximate surface area is 118 Å². The van der Waals surface area contributed by atoms with Gasteiger partial charge in [0.05, 0.1) is 17.8 Å². The van der Waals surface area contributed by atoms with Crippen LogP contribution in [0, 0.1) is 6.92 Å². The Bertz CT molecular complexity index is 616. The molecule has 2 heterocycles. The molecule has 0 unspecified atom stereocenters. The van der Waals surface area contributed by atoms with E-state index in [1.54, 1.807) is 19.2 Å². The highest BCUT2D eigenvalue weighted by molar-refractivity contribution is 6.29. The number of hydrogen-bond acceptors (Lipinski definition) is 4. The number of alkyl halides is 3. The van der Waals surface area contributed by atoms with Gasteiger partial charge in [-0.3, -0.25) is 0 Å². The van der Waals surface area contributed by atoms with Crippen LogP contribution in [-0.4, -0.2) is 15.0 Å². The molecule has 0 saturated heterocycles. The van der Waals surface area contributed by atoms with E-state index < -0.39 is 11.7 Å². The van der Waals surface area contributed by atoms with Gasteiger partial charge in [-0.05, 0) is 25.1 Å². The number of nitrogens with one attached hydrogen (secondary N) is 1. The van der Waals surface area contributed by atoms with Gasteiger partial charge in [0.2, 0.25) is 0 Å². The fourth-order valence-electron chi connectivity index (χ4n) is 1.54. The first kappa shape index (κ1) is 14.5. The van der Waals surface area contributed by atoms with Crippen LogP contribution in [-0.2, 0) is 12.7 Å². The molecule has 2 aromatic heterocycles. The summed E-state index contributed by atoms with van der Waals surface area (Å²) >= 11 is 5.59. The molecule has 1 N–H and O–H groups in total. The number of halogens is 4. The van der Waals surface area contributed by atoms with Crippen LogP contribution in [0.1, 0.15) is 17.1 Å². The quantitative estimate of drug-likeness (QED) is 0.882. The smallest absolute Gasteiger partial charge is 0.364 e. The Balaban J connectivity index is 2.16. The van der Waals surface area contributed by atoms with E-state index in [1.165, 1.54) is 0 Å². The van der Waals surface area contributed by atoms with Gasteiger partial charge in [0, 0.05) is 6.20 Å². The van der Waals surface area contributed by atoms with Crippen molar-refractivity contribution in [1.29, 1.82) is 0 Å². The molecule has 20 heavy (non-hydrogen) atoms. The predicted molar refractivity (Wildman–Crippen MR) is 68.3 cm³/mol. The standard InChI is InChI=1S/C12H10ClF3N4/c1-7-17-3-2-9(19-7)6-18-11-5-8(12(14,15)16)4-10(13)20-11/h2-5H,6H2,1H3,(H,18,20). The lowest BCUT2D eigenvalue weighted by Gasteiger charge is -2.10. The molecule has 0 bridgehead atoms. The topological polar surface area (TPSA) is 50.7 Å². The van der Waals surface area contributed by atoms with Gasteiger partial charge in [-0.2, -0.15) is 13.2 Å². The van der Waals surface area contributed by atoms with Crippen molar-refractivity contribution in [2.75, 3.05) is 5.32 Å². The lowest BCUT2D eigenvalue weighted by Crippen LogP contribution is -2.09. The van der Waals surface area contributed by atoms with Crippen molar-refractivity contribution in [3.05, 3.63) is 46.6 Å². The lowest BCUT2D eigenvalue weighted by atomic mass is 10.2. The summed E-state index contributed by atoms with van der Waals surface area (Å²) in [6, 6.07) is 3.34. The van der Waals surface area contributed by atoms with Crippen molar-refractivity contribution in [1.82, 2.24) is 15.0 Å². The summed E-state index contributed by atoms with van der Waals surface area (Å²) in [6.07, 6.45) is -2.89. The van der Waals surface area contributed by atoms with Crippen LogP contribution in [0.25, 0.3) is 0 Å². The summed E-state index contributed by atoms with van der Waals surface area (Å²) in [4.78, 5) is 11.9. The summed E-state index contributed by atoms with van der Waals surface area (Å²) in [7, 11) is 0. The molecule has 106 valence electrons. The highest BCUT2D eigenvalue weighted by Crippen LogP contribution is 2.31. The molecule has 0 aromatic carbocycles. The number of rotatable bonds is 3. The summed E-state index contributed by atoms with van der Waals surface area (Å²) in [6.45, 7) is 1.96. The molecule has 0 aliphatic rings. The molecule has 8 heteroatoms. The third-order valence-corrected chi connectivity index (χ3v) is 2.60. The van der Waals surface area contributed by atoms with Gasteiger partial charge >= 0.3 is 6.18 Å². The van der Waals surface area contributed by atoms with Crippen molar-refractivity contribution in [3.8, 4) is 0 Å². The number of aryl methyl sites for hydroxylation is 1. The molecule has 2 aromatic rings. The first-order valence-electron chi connectivity index (χ1n) is 5.62. The van der Waals surface area contributed by atoms with E-state index in [1.807, 2.05) is 0 Å². The van der Waals surface area contributed by atoms with E-state index in [0.717, 1.165) is 12.1 Å². The van der Waals surface area contributed by atoms with Crippen LogP contribution < -0.4 is 5.32 Å². The minimum Gasteiger partial charge on any atom is -0.364 e. The molecular formula is C12H10ClF3N4. The van der Waals surface area contributed by atoms with E-state index in [2.05, 4.69) is 20.3 Å². The maximum atomic E-state index is 12.6. The zero-order valence-electron chi connectivity index (χ0n) is 10.4. The van der Waals surface area contributed by atoms with E-state index in [9.17, 15) is 13.2 Å². The predicted octanol–water partition coefficient (Wildman–Crippen LogP) is 3.46. The molecule has 0 aliphatic heterocycles. The third kappa shape index (κ3) is 3.80. The van der Waals surface area contributed by atoms with Crippen LogP contribution in [0.3, 0.4) is 0 Å². The fourth-order valence-corrected chi connectivity index (χ4v) is 1.74. The van der Waals surface area contributed by atoms with Gasteiger partial charge in [0.15, 0.2) is 0 Å². The molecule has 0 fully saturated rings. The van der Waals surface area contributed by atoms with Crippen LogP contribution in [0.15, 0.2) is 24.4 Å². The second-order valence-electron chi connectivity index (χ2n) is 4.01. The monoisotopic (exact) mass is 302 g/mol. The molecule has 0 radical (unpaired) electrons.